The lowest BCUT2D eigenvalue weighted by atomic mass is 10.4. The molecule has 0 aliphatic carbocycles. The van der Waals surface area contributed by atoms with Crippen LogP contribution in [-0.2, 0) is 6.54 Å². The van der Waals surface area contributed by atoms with Crippen LogP contribution in [0.15, 0.2) is 42.9 Å². The van der Waals surface area contributed by atoms with Gasteiger partial charge in [-0.05, 0) is 18.2 Å². The molecule has 2 rings (SSSR count). The van der Waals surface area contributed by atoms with Gasteiger partial charge in [0, 0.05) is 43.4 Å². The first kappa shape index (κ1) is 9.71. The molecule has 2 heterocycles. The fourth-order valence-electron chi connectivity index (χ4n) is 1.36. The quantitative estimate of drug-likeness (QED) is 0.775. The zero-order valence-electron chi connectivity index (χ0n) is 8.23. The molecule has 0 aliphatic rings. The van der Waals surface area contributed by atoms with Crippen LogP contribution in [0.2, 0.25) is 0 Å². The lowest BCUT2D eigenvalue weighted by molar-refractivity contribution is 0.584. The number of aromatic nitrogens is 2. The fourth-order valence-corrected chi connectivity index (χ4v) is 1.36. The first-order valence-corrected chi connectivity index (χ1v) is 4.81. The fraction of sp³-hybridized carbons (Fsp3) is 0.182. The SMILES string of the molecule is Fc1cc(NCCn2cccc2)ccn1. The predicted molar refractivity (Wildman–Crippen MR) is 57.1 cm³/mol. The summed E-state index contributed by atoms with van der Waals surface area (Å²) in [6.07, 6.45) is 5.44. The van der Waals surface area contributed by atoms with Gasteiger partial charge in [-0.3, -0.25) is 0 Å². The van der Waals surface area contributed by atoms with E-state index in [2.05, 4.69) is 14.9 Å². The van der Waals surface area contributed by atoms with Gasteiger partial charge in [0.15, 0.2) is 0 Å². The van der Waals surface area contributed by atoms with Crippen molar-refractivity contribution in [2.24, 2.45) is 0 Å². The maximum atomic E-state index is 12.7. The highest BCUT2D eigenvalue weighted by molar-refractivity contribution is 5.40. The first-order valence-electron chi connectivity index (χ1n) is 4.81. The van der Waals surface area contributed by atoms with Crippen LogP contribution >= 0.6 is 0 Å². The third-order valence-electron chi connectivity index (χ3n) is 2.09. The Hall–Kier alpha value is -1.84. The van der Waals surface area contributed by atoms with Crippen LogP contribution in [0.5, 0.6) is 0 Å². The largest absolute Gasteiger partial charge is 0.383 e. The summed E-state index contributed by atoms with van der Waals surface area (Å²) in [4.78, 5) is 3.49. The molecular formula is C11H12FN3. The summed E-state index contributed by atoms with van der Waals surface area (Å²) in [5, 5.41) is 3.12. The smallest absolute Gasteiger partial charge is 0.214 e. The normalized spacial score (nSPS) is 10.2. The number of rotatable bonds is 4. The molecule has 0 saturated carbocycles. The molecule has 15 heavy (non-hydrogen) atoms. The topological polar surface area (TPSA) is 29.9 Å². The molecule has 0 spiro atoms. The number of hydrogen-bond donors (Lipinski definition) is 1. The van der Waals surface area contributed by atoms with Crippen LogP contribution in [0.4, 0.5) is 10.1 Å². The van der Waals surface area contributed by atoms with Crippen molar-refractivity contribution in [3.8, 4) is 0 Å². The zero-order valence-corrected chi connectivity index (χ0v) is 8.23. The van der Waals surface area contributed by atoms with Crippen LogP contribution in [-0.4, -0.2) is 16.1 Å². The summed E-state index contributed by atoms with van der Waals surface area (Å²) < 4.78 is 14.8. The third kappa shape index (κ3) is 2.80. The van der Waals surface area contributed by atoms with Crippen molar-refractivity contribution in [2.45, 2.75) is 6.54 Å². The van der Waals surface area contributed by atoms with Gasteiger partial charge in [-0.25, -0.2) is 4.98 Å². The maximum absolute atomic E-state index is 12.7. The van der Waals surface area contributed by atoms with Crippen molar-refractivity contribution in [1.29, 1.82) is 0 Å². The Morgan fingerprint density at radius 3 is 2.87 bits per heavy atom. The van der Waals surface area contributed by atoms with E-state index in [0.717, 1.165) is 18.8 Å². The molecular weight excluding hydrogens is 193 g/mol. The molecule has 0 amide bonds. The van der Waals surface area contributed by atoms with E-state index >= 15 is 0 Å². The standard InChI is InChI=1S/C11H12FN3/c12-11-9-10(3-4-14-11)13-5-8-15-6-1-2-7-15/h1-4,6-7,9H,5,8H2,(H,13,14). The van der Waals surface area contributed by atoms with Gasteiger partial charge < -0.3 is 9.88 Å². The third-order valence-corrected chi connectivity index (χ3v) is 2.09. The molecule has 0 unspecified atom stereocenters. The van der Waals surface area contributed by atoms with Crippen LogP contribution in [0.25, 0.3) is 0 Å². The minimum atomic E-state index is -0.457. The van der Waals surface area contributed by atoms with Gasteiger partial charge >= 0.3 is 0 Å². The molecule has 0 aromatic carbocycles. The van der Waals surface area contributed by atoms with Crippen LogP contribution in [0.1, 0.15) is 0 Å². The second-order valence-corrected chi connectivity index (χ2v) is 3.21. The van der Waals surface area contributed by atoms with E-state index in [1.807, 2.05) is 24.5 Å². The average Bonchev–Trinajstić information content (AvgIpc) is 2.71. The highest BCUT2D eigenvalue weighted by Crippen LogP contribution is 2.05. The number of anilines is 1. The van der Waals surface area contributed by atoms with E-state index in [0.29, 0.717) is 0 Å². The summed E-state index contributed by atoms with van der Waals surface area (Å²) in [6.45, 7) is 1.62. The van der Waals surface area contributed by atoms with E-state index in [-0.39, 0.29) is 0 Å². The number of hydrogen-bond acceptors (Lipinski definition) is 2. The summed E-state index contributed by atoms with van der Waals surface area (Å²) in [5.74, 6) is -0.457. The van der Waals surface area contributed by atoms with Crippen molar-refractivity contribution in [1.82, 2.24) is 9.55 Å². The van der Waals surface area contributed by atoms with E-state index in [1.54, 1.807) is 6.07 Å². The number of halogens is 1. The van der Waals surface area contributed by atoms with Crippen LogP contribution in [0, 0.1) is 5.95 Å². The summed E-state index contributed by atoms with van der Waals surface area (Å²) in [5.41, 5.74) is 0.759. The van der Waals surface area contributed by atoms with Gasteiger partial charge in [-0.1, -0.05) is 0 Å². The van der Waals surface area contributed by atoms with Crippen molar-refractivity contribution < 1.29 is 4.39 Å². The number of nitrogens with one attached hydrogen (secondary N) is 1. The summed E-state index contributed by atoms with van der Waals surface area (Å²) >= 11 is 0. The van der Waals surface area contributed by atoms with Crippen LogP contribution in [0.3, 0.4) is 0 Å². The van der Waals surface area contributed by atoms with Crippen molar-refractivity contribution in [2.75, 3.05) is 11.9 Å². The molecule has 4 heteroatoms. The Morgan fingerprint density at radius 2 is 2.13 bits per heavy atom. The van der Waals surface area contributed by atoms with Crippen molar-refractivity contribution >= 4 is 5.69 Å². The van der Waals surface area contributed by atoms with Gasteiger partial charge in [-0.15, -0.1) is 0 Å². The lowest BCUT2D eigenvalue weighted by Gasteiger charge is -2.06. The maximum Gasteiger partial charge on any atom is 0.214 e. The number of nitrogens with zero attached hydrogens (tertiary/aromatic N) is 2. The molecule has 2 aromatic heterocycles. The molecule has 3 nitrogen and oxygen atoms in total. The highest BCUT2D eigenvalue weighted by Gasteiger charge is 1.94. The summed E-state index contributed by atoms with van der Waals surface area (Å²) in [7, 11) is 0. The molecule has 0 aliphatic heterocycles. The van der Waals surface area contributed by atoms with Gasteiger partial charge in [0.05, 0.1) is 0 Å². The van der Waals surface area contributed by atoms with E-state index in [4.69, 9.17) is 0 Å². The summed E-state index contributed by atoms with van der Waals surface area (Å²) in [6, 6.07) is 7.09. The molecule has 2 aromatic rings. The van der Waals surface area contributed by atoms with Crippen molar-refractivity contribution in [3.63, 3.8) is 0 Å². The minimum Gasteiger partial charge on any atom is -0.383 e. The predicted octanol–water partition coefficient (Wildman–Crippen LogP) is 2.13. The minimum absolute atomic E-state index is 0.457. The zero-order chi connectivity index (χ0) is 10.5. The average molecular weight is 205 g/mol. The number of pyridine rings is 1. The van der Waals surface area contributed by atoms with E-state index in [9.17, 15) is 4.39 Å². The Balaban J connectivity index is 1.83. The van der Waals surface area contributed by atoms with E-state index in [1.165, 1.54) is 12.3 Å². The Bertz CT molecular complexity index is 412. The molecule has 0 atom stereocenters. The molecule has 0 fully saturated rings. The van der Waals surface area contributed by atoms with Crippen molar-refractivity contribution in [3.05, 3.63) is 48.8 Å². The van der Waals surface area contributed by atoms with Gasteiger partial charge in [0.25, 0.3) is 0 Å². The Morgan fingerprint density at radius 1 is 1.33 bits per heavy atom. The van der Waals surface area contributed by atoms with Gasteiger partial charge in [0.1, 0.15) is 0 Å². The Labute approximate surface area is 87.6 Å². The molecule has 1 N–H and O–H groups in total. The van der Waals surface area contributed by atoms with Gasteiger partial charge in [0.2, 0.25) is 5.95 Å². The molecule has 0 saturated heterocycles. The molecule has 0 bridgehead atoms. The van der Waals surface area contributed by atoms with E-state index < -0.39 is 5.95 Å². The lowest BCUT2D eigenvalue weighted by Crippen LogP contribution is -2.09. The second-order valence-electron chi connectivity index (χ2n) is 3.21. The molecule has 0 radical (unpaired) electrons. The highest BCUT2D eigenvalue weighted by atomic mass is 19.1. The van der Waals surface area contributed by atoms with Crippen LogP contribution < -0.4 is 5.32 Å². The first-order chi connectivity index (χ1) is 7.34. The second kappa shape index (κ2) is 4.59. The van der Waals surface area contributed by atoms with Gasteiger partial charge in [-0.2, -0.15) is 4.39 Å². The Kier molecular flexibility index (Phi) is 2.97. The molecule has 78 valence electrons. The monoisotopic (exact) mass is 205 g/mol.